The summed E-state index contributed by atoms with van der Waals surface area (Å²) in [7, 11) is -7.60. The molecule has 0 amide bonds. The van der Waals surface area contributed by atoms with E-state index in [2.05, 4.69) is 15.0 Å². The maximum Gasteiger partial charge on any atom is 0.340 e. The molecule has 5 atom stereocenters. The third-order valence-electron chi connectivity index (χ3n) is 4.59. The van der Waals surface area contributed by atoms with Gasteiger partial charge in [-0.25, -0.2) is 15.0 Å². The van der Waals surface area contributed by atoms with Crippen molar-refractivity contribution in [3.8, 4) is 0 Å². The lowest BCUT2D eigenvalue weighted by Crippen LogP contribution is -2.33. The van der Waals surface area contributed by atoms with Crippen LogP contribution in [0.4, 0.5) is 5.82 Å². The summed E-state index contributed by atoms with van der Waals surface area (Å²) in [5.74, 6) is -0.807. The minimum Gasteiger partial charge on any atom is -0.387 e. The van der Waals surface area contributed by atoms with Crippen LogP contribution in [0, 0.1) is 0 Å². The average molecular weight is 467 g/mol. The van der Waals surface area contributed by atoms with Crippen molar-refractivity contribution in [3.05, 3.63) is 12.7 Å². The van der Waals surface area contributed by atoms with Gasteiger partial charge in [0.15, 0.2) is 29.1 Å². The molecule has 0 spiro atoms. The van der Waals surface area contributed by atoms with Gasteiger partial charge in [-0.15, -0.1) is 0 Å². The van der Waals surface area contributed by atoms with Gasteiger partial charge in [0.25, 0.3) is 0 Å². The first-order valence-electron chi connectivity index (χ1n) is 8.84. The van der Waals surface area contributed by atoms with Crippen LogP contribution in [0.1, 0.15) is 13.2 Å². The summed E-state index contributed by atoms with van der Waals surface area (Å²) in [6.45, 7) is 1.92. The number of anilines is 1. The van der Waals surface area contributed by atoms with Crippen LogP contribution in [0.3, 0.4) is 0 Å². The molecule has 1 aliphatic heterocycles. The number of ether oxygens (including phenoxy) is 1. The molecule has 16 heteroatoms. The summed E-state index contributed by atoms with van der Waals surface area (Å²) in [6.07, 6.45) is -2.63. The van der Waals surface area contributed by atoms with Crippen molar-refractivity contribution < 1.29 is 43.3 Å². The van der Waals surface area contributed by atoms with Crippen LogP contribution in [-0.2, 0) is 18.4 Å². The minimum atomic E-state index is -4.79. The predicted molar refractivity (Wildman–Crippen MR) is 103 cm³/mol. The van der Waals surface area contributed by atoms with E-state index in [4.69, 9.17) is 19.0 Å². The zero-order valence-corrected chi connectivity index (χ0v) is 17.9. The highest BCUT2D eigenvalue weighted by Crippen LogP contribution is 2.55. The summed E-state index contributed by atoms with van der Waals surface area (Å²) < 4.78 is 34.4. The summed E-state index contributed by atoms with van der Waals surface area (Å²) in [5, 5.41) is 20.7. The first-order chi connectivity index (χ1) is 13.9. The van der Waals surface area contributed by atoms with E-state index in [0.29, 0.717) is 23.5 Å². The molecule has 0 aliphatic carbocycles. The van der Waals surface area contributed by atoms with Gasteiger partial charge in [0, 0.05) is 13.6 Å². The SMILES string of the molecule is CCN(C)c1ncnc2c1ncn2[C@@H]1O[C@H](COP(=O)(O)CP(=O)(O)O)[C@@H](O)[C@H]1O. The van der Waals surface area contributed by atoms with E-state index >= 15 is 0 Å². The molecule has 0 radical (unpaired) electrons. The molecule has 5 N–H and O–H groups in total. The Morgan fingerprint density at radius 3 is 2.53 bits per heavy atom. The zero-order chi connectivity index (χ0) is 22.3. The number of aromatic nitrogens is 4. The van der Waals surface area contributed by atoms with E-state index in [9.17, 15) is 24.2 Å². The molecular weight excluding hydrogens is 444 g/mol. The predicted octanol–water partition coefficient (Wildman–Crippen LogP) is -0.761. The second-order valence-corrected chi connectivity index (χ2v) is 10.8. The summed E-state index contributed by atoms with van der Waals surface area (Å²) in [4.78, 5) is 41.7. The van der Waals surface area contributed by atoms with E-state index in [1.165, 1.54) is 17.2 Å². The molecule has 1 saturated heterocycles. The highest BCUT2D eigenvalue weighted by Gasteiger charge is 2.45. The van der Waals surface area contributed by atoms with Crippen molar-refractivity contribution in [2.45, 2.75) is 31.5 Å². The largest absolute Gasteiger partial charge is 0.387 e. The summed E-state index contributed by atoms with van der Waals surface area (Å²) in [5.41, 5.74) is 0.792. The minimum absolute atomic E-state index is 0.340. The Labute approximate surface area is 170 Å². The van der Waals surface area contributed by atoms with Crippen molar-refractivity contribution in [2.75, 3.05) is 31.0 Å². The average Bonchev–Trinajstić information content (AvgIpc) is 3.19. The molecule has 3 heterocycles. The highest BCUT2D eigenvalue weighted by molar-refractivity contribution is 7.70. The third-order valence-corrected chi connectivity index (χ3v) is 8.05. The van der Waals surface area contributed by atoms with E-state index in [-0.39, 0.29) is 0 Å². The summed E-state index contributed by atoms with van der Waals surface area (Å²) in [6, 6.07) is 0. The number of imidazole rings is 1. The lowest BCUT2D eigenvalue weighted by atomic mass is 10.1. The van der Waals surface area contributed by atoms with Crippen LogP contribution in [-0.4, -0.2) is 88.8 Å². The van der Waals surface area contributed by atoms with Gasteiger partial charge < -0.3 is 39.1 Å². The molecule has 2 aromatic heterocycles. The van der Waals surface area contributed by atoms with Crippen LogP contribution in [0.5, 0.6) is 0 Å². The van der Waals surface area contributed by atoms with Gasteiger partial charge >= 0.3 is 15.2 Å². The molecule has 3 rings (SSSR count). The molecule has 0 saturated carbocycles. The first-order valence-corrected chi connectivity index (χ1v) is 12.4. The van der Waals surface area contributed by atoms with Gasteiger partial charge in [-0.2, -0.15) is 0 Å². The molecule has 0 bridgehead atoms. The lowest BCUT2D eigenvalue weighted by Gasteiger charge is -2.18. The first kappa shape index (κ1) is 23.2. The van der Waals surface area contributed by atoms with Crippen LogP contribution >= 0.6 is 15.2 Å². The van der Waals surface area contributed by atoms with Gasteiger partial charge in [-0.1, -0.05) is 0 Å². The Bertz CT molecular complexity index is 997. The number of hydrogen-bond donors (Lipinski definition) is 5. The van der Waals surface area contributed by atoms with Gasteiger partial charge in [0.05, 0.1) is 12.9 Å². The van der Waals surface area contributed by atoms with Gasteiger partial charge in [0.2, 0.25) is 0 Å². The molecule has 2 aromatic rings. The Kier molecular flexibility index (Phi) is 6.63. The van der Waals surface area contributed by atoms with Crippen LogP contribution in [0.25, 0.3) is 11.2 Å². The van der Waals surface area contributed by atoms with Crippen LogP contribution in [0.2, 0.25) is 0 Å². The zero-order valence-electron chi connectivity index (χ0n) is 16.1. The molecular formula is C14H23N5O9P2. The number of rotatable bonds is 8. The van der Waals surface area contributed by atoms with Crippen molar-refractivity contribution in [3.63, 3.8) is 0 Å². The van der Waals surface area contributed by atoms with E-state index in [1.54, 1.807) is 0 Å². The third kappa shape index (κ3) is 4.88. The molecule has 30 heavy (non-hydrogen) atoms. The fraction of sp³-hybridized carbons (Fsp3) is 0.643. The standard InChI is InChI=1S/C14H23N5O9P2/c1-3-18(2)12-9-13(16-5-15-12)19(6-17-9)14-11(21)10(20)8(28-14)4-27-30(25,26)7-29(22,23)24/h5-6,8,10-11,14,20-21H,3-4,7H2,1-2H3,(H,25,26)(H2,22,23,24)/t8-,10-,11-,14-/m1/s1. The van der Waals surface area contributed by atoms with E-state index < -0.39 is 52.2 Å². The van der Waals surface area contributed by atoms with Crippen LogP contribution in [0.15, 0.2) is 12.7 Å². The Morgan fingerprint density at radius 2 is 1.90 bits per heavy atom. The quantitative estimate of drug-likeness (QED) is 0.304. The number of aliphatic hydroxyl groups is 2. The molecule has 14 nitrogen and oxygen atoms in total. The maximum absolute atomic E-state index is 11.8. The van der Waals surface area contributed by atoms with Gasteiger partial charge in [-0.3, -0.25) is 13.7 Å². The fourth-order valence-corrected chi connectivity index (χ4v) is 5.58. The topological polar surface area (TPSA) is 201 Å². The van der Waals surface area contributed by atoms with Crippen LogP contribution < -0.4 is 4.90 Å². The smallest absolute Gasteiger partial charge is 0.340 e. The van der Waals surface area contributed by atoms with Crippen molar-refractivity contribution in [2.24, 2.45) is 0 Å². The fourth-order valence-electron chi connectivity index (χ4n) is 3.02. The number of aliphatic hydroxyl groups excluding tert-OH is 2. The second kappa shape index (κ2) is 8.58. The van der Waals surface area contributed by atoms with Crippen molar-refractivity contribution in [1.82, 2.24) is 19.5 Å². The normalized spacial score (nSPS) is 26.8. The monoisotopic (exact) mass is 467 g/mol. The number of nitrogens with zero attached hydrogens (tertiary/aromatic N) is 5. The molecule has 1 unspecified atom stereocenters. The van der Waals surface area contributed by atoms with Gasteiger partial charge in [0.1, 0.15) is 24.6 Å². The highest BCUT2D eigenvalue weighted by atomic mass is 31.2. The molecule has 1 aliphatic rings. The summed E-state index contributed by atoms with van der Waals surface area (Å²) >= 11 is 0. The van der Waals surface area contributed by atoms with E-state index in [0.717, 1.165) is 0 Å². The van der Waals surface area contributed by atoms with Gasteiger partial charge in [-0.05, 0) is 6.92 Å². The number of fused-ring (bicyclic) bond motifs is 1. The Morgan fingerprint density at radius 1 is 1.20 bits per heavy atom. The Balaban J connectivity index is 1.79. The van der Waals surface area contributed by atoms with E-state index in [1.807, 2.05) is 18.9 Å². The Hall–Kier alpha value is -1.47. The van der Waals surface area contributed by atoms with Crippen molar-refractivity contribution in [1.29, 1.82) is 0 Å². The number of hydrogen-bond acceptors (Lipinski definition) is 10. The molecule has 0 aromatic carbocycles. The lowest BCUT2D eigenvalue weighted by molar-refractivity contribution is -0.0483. The molecule has 168 valence electrons. The van der Waals surface area contributed by atoms with Crippen molar-refractivity contribution >= 4 is 32.2 Å². The maximum atomic E-state index is 11.8. The second-order valence-electron chi connectivity index (χ2n) is 6.82. The molecule has 1 fully saturated rings.